The van der Waals surface area contributed by atoms with Gasteiger partial charge < -0.3 is 0 Å². The molecule has 0 aromatic heterocycles. The van der Waals surface area contributed by atoms with E-state index in [0.717, 1.165) is 4.31 Å². The smallest absolute Gasteiger partial charge is 0.211 e. The van der Waals surface area contributed by atoms with Crippen molar-refractivity contribution in [3.8, 4) is 0 Å². The number of rotatable bonds is 2. The Hall–Kier alpha value is -1.53. The van der Waals surface area contributed by atoms with Crippen LogP contribution < -0.4 is 4.31 Å². The lowest BCUT2D eigenvalue weighted by Crippen LogP contribution is -2.37. The Labute approximate surface area is 87.8 Å². The highest BCUT2D eigenvalue weighted by atomic mass is 32.2. The summed E-state index contributed by atoms with van der Waals surface area (Å²) < 4.78 is 25.0. The standard InChI is InChI=1S/C9H9N3O2S/c13-15(14,9-4-2-1-3-5-9)12-7-10-6-11-8-12/h1-7H,8H2/q+1. The Bertz CT molecular complexity index is 493. The molecule has 0 atom stereocenters. The summed E-state index contributed by atoms with van der Waals surface area (Å²) >= 11 is 0. The molecule has 1 aromatic rings. The quantitative estimate of drug-likeness (QED) is 0.687. The molecule has 6 heteroatoms. The van der Waals surface area contributed by atoms with Crippen LogP contribution in [0.2, 0.25) is 0 Å². The fourth-order valence-electron chi connectivity index (χ4n) is 1.17. The summed E-state index contributed by atoms with van der Waals surface area (Å²) in [6.07, 6.45) is 2.59. The van der Waals surface area contributed by atoms with Gasteiger partial charge in [0.2, 0.25) is 6.67 Å². The van der Waals surface area contributed by atoms with Crippen molar-refractivity contribution in [1.29, 1.82) is 0 Å². The zero-order valence-electron chi connectivity index (χ0n) is 7.81. The van der Waals surface area contributed by atoms with Gasteiger partial charge in [-0.1, -0.05) is 18.2 Å². The number of nitrogens with zero attached hydrogens (tertiary/aromatic N) is 3. The van der Waals surface area contributed by atoms with Crippen molar-refractivity contribution in [1.82, 2.24) is 4.31 Å². The van der Waals surface area contributed by atoms with E-state index >= 15 is 0 Å². The van der Waals surface area contributed by atoms with E-state index in [1.54, 1.807) is 30.3 Å². The van der Waals surface area contributed by atoms with Gasteiger partial charge >= 0.3 is 10.0 Å². The highest BCUT2D eigenvalue weighted by molar-refractivity contribution is 7.90. The molecule has 0 aliphatic carbocycles. The lowest BCUT2D eigenvalue weighted by molar-refractivity contribution is 0.567. The van der Waals surface area contributed by atoms with E-state index in [0.29, 0.717) is 0 Å². The first kappa shape index (κ1) is 10.0. The Kier molecular flexibility index (Phi) is 2.61. The topological polar surface area (TPSA) is 64.8 Å². The van der Waals surface area contributed by atoms with Gasteiger partial charge in [-0.05, 0) is 12.1 Å². The third kappa shape index (κ3) is 1.95. The second kappa shape index (κ2) is 3.92. The van der Waals surface area contributed by atoms with Gasteiger partial charge in [0.1, 0.15) is 11.2 Å². The second-order valence-corrected chi connectivity index (χ2v) is 4.80. The average Bonchev–Trinajstić information content (AvgIpc) is 2.31. The first-order valence-corrected chi connectivity index (χ1v) is 5.74. The van der Waals surface area contributed by atoms with Gasteiger partial charge in [-0.15, -0.1) is 0 Å². The Balaban J connectivity index is 2.36. The fourth-order valence-corrected chi connectivity index (χ4v) is 2.34. The van der Waals surface area contributed by atoms with Crippen LogP contribution >= 0.6 is 0 Å². The van der Waals surface area contributed by atoms with Gasteiger partial charge in [-0.25, -0.2) is 4.99 Å². The molecule has 1 aliphatic rings. The Morgan fingerprint density at radius 3 is 2.53 bits per heavy atom. The molecule has 1 radical (unpaired) electrons. The van der Waals surface area contributed by atoms with Crippen molar-refractivity contribution in [3.05, 3.63) is 30.3 Å². The van der Waals surface area contributed by atoms with E-state index in [-0.39, 0.29) is 11.6 Å². The highest BCUT2D eigenvalue weighted by Gasteiger charge is 2.33. The van der Waals surface area contributed by atoms with Crippen LogP contribution in [0.4, 0.5) is 0 Å². The van der Waals surface area contributed by atoms with Gasteiger partial charge in [-0.3, -0.25) is 0 Å². The van der Waals surface area contributed by atoms with Gasteiger partial charge in [0.05, 0.1) is 0 Å². The molecule has 1 heterocycles. The van der Waals surface area contributed by atoms with Crippen LogP contribution in [0, 0.1) is 0 Å². The summed E-state index contributed by atoms with van der Waals surface area (Å²) in [5.41, 5.74) is 0. The zero-order chi connectivity index (χ0) is 10.7. The number of hydrogen-bond acceptors (Lipinski definition) is 4. The van der Waals surface area contributed by atoms with Crippen molar-refractivity contribution in [3.63, 3.8) is 0 Å². The Morgan fingerprint density at radius 1 is 1.20 bits per heavy atom. The number of sulfonamides is 1. The lowest BCUT2D eigenvalue weighted by Gasteiger charge is -2.05. The van der Waals surface area contributed by atoms with Crippen LogP contribution in [0.1, 0.15) is 0 Å². The van der Waals surface area contributed by atoms with Gasteiger partial charge in [0, 0.05) is 4.31 Å². The molecule has 5 nitrogen and oxygen atoms in total. The van der Waals surface area contributed by atoms with Crippen molar-refractivity contribution in [2.24, 2.45) is 9.98 Å². The molecule has 0 amide bonds. The third-order valence-corrected chi connectivity index (χ3v) is 3.61. The molecule has 2 rings (SSSR count). The molecule has 1 aliphatic heterocycles. The summed E-state index contributed by atoms with van der Waals surface area (Å²) in [4.78, 5) is 7.70. The molecule has 77 valence electrons. The van der Waals surface area contributed by atoms with E-state index in [1.165, 1.54) is 12.7 Å². The van der Waals surface area contributed by atoms with Crippen molar-refractivity contribution in [2.45, 2.75) is 4.90 Å². The van der Waals surface area contributed by atoms with Crippen LogP contribution in [0.15, 0.2) is 45.2 Å². The van der Waals surface area contributed by atoms with Crippen molar-refractivity contribution < 1.29 is 8.42 Å². The van der Waals surface area contributed by atoms with Crippen LogP contribution in [0.3, 0.4) is 0 Å². The van der Waals surface area contributed by atoms with E-state index in [1.807, 2.05) is 0 Å². The SMILES string of the molecule is O=S(=O)(c1ccccc1)[N+]1C=NC=NC1. The number of benzene rings is 1. The first-order valence-electron chi connectivity index (χ1n) is 4.30. The van der Waals surface area contributed by atoms with Gasteiger partial charge in [0.15, 0.2) is 0 Å². The third-order valence-electron chi connectivity index (χ3n) is 1.91. The van der Waals surface area contributed by atoms with Gasteiger partial charge in [0.25, 0.3) is 6.34 Å². The predicted molar refractivity (Wildman–Crippen MR) is 57.6 cm³/mol. The maximum atomic E-state index is 11.9. The van der Waals surface area contributed by atoms with Crippen molar-refractivity contribution >= 4 is 22.7 Å². The molecular weight excluding hydrogens is 214 g/mol. The maximum Gasteiger partial charge on any atom is 0.379 e. The summed E-state index contributed by atoms with van der Waals surface area (Å²) in [7, 11) is -3.49. The number of hydrogen-bond donors (Lipinski definition) is 0. The van der Waals surface area contributed by atoms with Crippen LogP contribution in [-0.4, -0.2) is 27.8 Å². The molecule has 15 heavy (non-hydrogen) atoms. The minimum Gasteiger partial charge on any atom is -0.211 e. The predicted octanol–water partition coefficient (Wildman–Crippen LogP) is 0.543. The van der Waals surface area contributed by atoms with Gasteiger partial charge in [-0.2, -0.15) is 13.4 Å². The minimum atomic E-state index is -3.49. The molecule has 1 aromatic carbocycles. The van der Waals surface area contributed by atoms with E-state index in [2.05, 4.69) is 9.98 Å². The zero-order valence-corrected chi connectivity index (χ0v) is 8.63. The lowest BCUT2D eigenvalue weighted by atomic mass is 10.4. The minimum absolute atomic E-state index is 0.0841. The molecule has 0 N–H and O–H groups in total. The normalized spacial score (nSPS) is 16.8. The summed E-state index contributed by atoms with van der Waals surface area (Å²) in [5.74, 6) is 0. The average molecular weight is 223 g/mol. The summed E-state index contributed by atoms with van der Waals surface area (Å²) in [5, 5.41) is 0. The van der Waals surface area contributed by atoms with E-state index in [9.17, 15) is 8.42 Å². The van der Waals surface area contributed by atoms with Crippen LogP contribution in [0.25, 0.3) is 0 Å². The summed E-state index contributed by atoms with van der Waals surface area (Å²) in [6.45, 7) is 0.0841. The van der Waals surface area contributed by atoms with Crippen LogP contribution in [0.5, 0.6) is 0 Å². The van der Waals surface area contributed by atoms with E-state index in [4.69, 9.17) is 0 Å². The molecule has 0 saturated heterocycles. The molecular formula is C9H9N3O2S+. The highest BCUT2D eigenvalue weighted by Crippen LogP contribution is 2.12. The molecule has 0 saturated carbocycles. The molecule has 0 unspecified atom stereocenters. The largest absolute Gasteiger partial charge is 0.379 e. The fraction of sp³-hybridized carbons (Fsp3) is 0.111. The first-order chi connectivity index (χ1) is 7.21. The molecule has 0 bridgehead atoms. The van der Waals surface area contributed by atoms with E-state index < -0.39 is 10.0 Å². The number of aliphatic imine (C=N–C) groups is 2. The summed E-state index contributed by atoms with van der Waals surface area (Å²) in [6, 6.07) is 8.21. The maximum absolute atomic E-state index is 11.9. The van der Waals surface area contributed by atoms with Crippen molar-refractivity contribution in [2.75, 3.05) is 6.67 Å². The Morgan fingerprint density at radius 2 is 1.93 bits per heavy atom. The molecule has 0 spiro atoms. The monoisotopic (exact) mass is 223 g/mol. The molecule has 0 fully saturated rings. The second-order valence-electron chi connectivity index (χ2n) is 2.91. The van der Waals surface area contributed by atoms with Crippen LogP contribution in [-0.2, 0) is 10.0 Å².